The first-order valence-corrected chi connectivity index (χ1v) is 11.3. The van der Waals surface area contributed by atoms with E-state index in [-0.39, 0.29) is 18.6 Å². The molecule has 0 aromatic carbocycles. The van der Waals surface area contributed by atoms with Crippen LogP contribution in [-0.2, 0) is 19.1 Å². The van der Waals surface area contributed by atoms with Gasteiger partial charge in [0.05, 0.1) is 6.10 Å². The molecular weight excluding hydrogens is 415 g/mol. The molecule has 2 N–H and O–H groups in total. The van der Waals surface area contributed by atoms with Crippen molar-refractivity contribution in [3.63, 3.8) is 0 Å². The SMILES string of the molecule is CCC(=O)O[C@]1(C(=O)CO)[C@H](C)C[C@H]2[C@@H]3C=CC4=CC(=O)C=C[C@]4(C)[C@@]3(F)[C@@H](O)C[C@@]21C. The number of halogens is 1. The van der Waals surface area contributed by atoms with Crippen molar-refractivity contribution in [3.05, 3.63) is 36.0 Å². The predicted octanol–water partition coefficient (Wildman–Crippen LogP) is 2.63. The van der Waals surface area contributed by atoms with Crippen LogP contribution in [-0.4, -0.2) is 51.7 Å². The number of rotatable bonds is 4. The van der Waals surface area contributed by atoms with E-state index in [9.17, 15) is 24.6 Å². The summed E-state index contributed by atoms with van der Waals surface area (Å²) in [7, 11) is 0. The Balaban J connectivity index is 1.89. The molecule has 8 atom stereocenters. The fraction of sp³-hybridized carbons (Fsp3) is 0.640. The molecule has 0 amide bonds. The minimum Gasteiger partial charge on any atom is -0.450 e. The second kappa shape index (κ2) is 7.19. The van der Waals surface area contributed by atoms with Gasteiger partial charge in [-0.1, -0.05) is 39.0 Å². The van der Waals surface area contributed by atoms with Crippen LogP contribution in [0.25, 0.3) is 0 Å². The first kappa shape index (κ1) is 23.1. The summed E-state index contributed by atoms with van der Waals surface area (Å²) >= 11 is 0. The van der Waals surface area contributed by atoms with E-state index in [2.05, 4.69) is 0 Å². The number of alkyl halides is 1. The molecule has 4 aliphatic carbocycles. The van der Waals surface area contributed by atoms with E-state index in [1.165, 1.54) is 18.2 Å². The lowest BCUT2D eigenvalue weighted by atomic mass is 9.46. The van der Waals surface area contributed by atoms with E-state index in [0.717, 1.165) is 0 Å². The molecule has 2 fully saturated rings. The number of ketones is 2. The average molecular weight is 447 g/mol. The summed E-state index contributed by atoms with van der Waals surface area (Å²) in [6.07, 6.45) is 6.54. The summed E-state index contributed by atoms with van der Waals surface area (Å²) in [4.78, 5) is 37.5. The molecule has 4 aliphatic rings. The quantitative estimate of drug-likeness (QED) is 0.644. The van der Waals surface area contributed by atoms with Gasteiger partial charge in [0.1, 0.15) is 6.61 Å². The summed E-state index contributed by atoms with van der Waals surface area (Å²) in [6, 6.07) is 0. The average Bonchev–Trinajstić information content (AvgIpc) is 2.96. The van der Waals surface area contributed by atoms with Crippen molar-refractivity contribution in [2.45, 2.75) is 64.3 Å². The zero-order valence-electron chi connectivity index (χ0n) is 18.9. The van der Waals surface area contributed by atoms with Crippen LogP contribution in [0.2, 0.25) is 0 Å². The molecule has 0 unspecified atom stereocenters. The molecule has 0 radical (unpaired) electrons. The molecule has 0 saturated heterocycles. The fourth-order valence-electron chi connectivity index (χ4n) is 7.23. The smallest absolute Gasteiger partial charge is 0.306 e. The Morgan fingerprint density at radius 2 is 1.97 bits per heavy atom. The second-order valence-corrected chi connectivity index (χ2v) is 10.2. The summed E-state index contributed by atoms with van der Waals surface area (Å²) in [5, 5.41) is 21.1. The molecule has 0 aliphatic heterocycles. The van der Waals surface area contributed by atoms with Crippen molar-refractivity contribution >= 4 is 17.5 Å². The van der Waals surface area contributed by atoms with E-state index in [0.29, 0.717) is 12.0 Å². The number of allylic oxidation sites excluding steroid dienone is 6. The van der Waals surface area contributed by atoms with Gasteiger partial charge in [0.15, 0.2) is 17.1 Å². The third-order valence-electron chi connectivity index (χ3n) is 8.87. The Labute approximate surface area is 187 Å². The first-order chi connectivity index (χ1) is 14.9. The van der Waals surface area contributed by atoms with Crippen LogP contribution >= 0.6 is 0 Å². The van der Waals surface area contributed by atoms with Gasteiger partial charge in [0.2, 0.25) is 5.78 Å². The highest BCUT2D eigenvalue weighted by molar-refractivity contribution is 6.01. The van der Waals surface area contributed by atoms with Gasteiger partial charge in [0, 0.05) is 29.1 Å². The second-order valence-electron chi connectivity index (χ2n) is 10.2. The molecule has 0 heterocycles. The number of ether oxygens (including phenoxy) is 1. The Morgan fingerprint density at radius 1 is 1.28 bits per heavy atom. The Bertz CT molecular complexity index is 967. The van der Waals surface area contributed by atoms with E-state index in [1.807, 2.05) is 0 Å². The highest BCUT2D eigenvalue weighted by Crippen LogP contribution is 2.70. The van der Waals surface area contributed by atoms with E-state index >= 15 is 4.39 Å². The third-order valence-corrected chi connectivity index (χ3v) is 8.87. The number of carbonyl (C=O) groups excluding carboxylic acids is 3. The zero-order valence-corrected chi connectivity index (χ0v) is 18.9. The number of aliphatic hydroxyl groups is 2. The maximum absolute atomic E-state index is 17.1. The largest absolute Gasteiger partial charge is 0.450 e. The van der Waals surface area contributed by atoms with Gasteiger partial charge in [-0.25, -0.2) is 4.39 Å². The monoisotopic (exact) mass is 446 g/mol. The zero-order chi connectivity index (χ0) is 23.7. The number of esters is 1. The lowest BCUT2D eigenvalue weighted by molar-refractivity contribution is -0.218. The van der Waals surface area contributed by atoms with Crippen molar-refractivity contribution in [2.24, 2.45) is 28.6 Å². The molecule has 0 spiro atoms. The molecule has 0 bridgehead atoms. The van der Waals surface area contributed by atoms with Crippen molar-refractivity contribution in [1.29, 1.82) is 0 Å². The van der Waals surface area contributed by atoms with Gasteiger partial charge in [-0.3, -0.25) is 14.4 Å². The van der Waals surface area contributed by atoms with Gasteiger partial charge in [-0.05, 0) is 43.4 Å². The molecule has 7 heteroatoms. The number of carbonyl (C=O) groups is 3. The summed E-state index contributed by atoms with van der Waals surface area (Å²) in [5.74, 6) is -3.09. The number of aliphatic hydroxyl groups excluding tert-OH is 2. The Hall–Kier alpha value is -2.12. The van der Waals surface area contributed by atoms with Crippen LogP contribution in [0.4, 0.5) is 4.39 Å². The predicted molar refractivity (Wildman–Crippen MR) is 114 cm³/mol. The molecule has 2 saturated carbocycles. The molecule has 174 valence electrons. The molecule has 32 heavy (non-hydrogen) atoms. The molecule has 0 aromatic heterocycles. The molecule has 0 aromatic rings. The highest BCUT2D eigenvalue weighted by atomic mass is 19.1. The van der Waals surface area contributed by atoms with Crippen LogP contribution < -0.4 is 0 Å². The van der Waals surface area contributed by atoms with Crippen LogP contribution in [0, 0.1) is 28.6 Å². The standard InChI is InChI=1S/C25H31FO6/c1-5-21(31)32-25(20(30)13-27)14(2)10-18-17-7-6-15-11-16(28)8-9-22(15,3)24(17,26)19(29)12-23(18,25)4/h6-9,11,14,17-19,27,29H,5,10,12-13H2,1-4H3/t14-,17+,18+,19+,22+,23+,24+,25+/m1/s1. The summed E-state index contributed by atoms with van der Waals surface area (Å²) < 4.78 is 22.9. The maximum atomic E-state index is 17.1. The van der Waals surface area contributed by atoms with Gasteiger partial charge in [-0.2, -0.15) is 0 Å². The van der Waals surface area contributed by atoms with Gasteiger partial charge in [0.25, 0.3) is 0 Å². The lowest BCUT2D eigenvalue weighted by Crippen LogP contribution is -2.69. The Morgan fingerprint density at radius 3 is 2.59 bits per heavy atom. The maximum Gasteiger partial charge on any atom is 0.306 e. The van der Waals surface area contributed by atoms with Crippen molar-refractivity contribution < 1.29 is 33.7 Å². The minimum atomic E-state index is -2.11. The molecular formula is C25H31FO6. The normalized spacial score (nSPS) is 46.7. The topological polar surface area (TPSA) is 101 Å². The first-order valence-electron chi connectivity index (χ1n) is 11.3. The summed E-state index contributed by atoms with van der Waals surface area (Å²) in [5.41, 5.74) is -5.54. The minimum absolute atomic E-state index is 0.0535. The number of fused-ring (bicyclic) bond motifs is 5. The van der Waals surface area contributed by atoms with Crippen LogP contribution in [0.1, 0.15) is 47.0 Å². The Kier molecular flexibility index (Phi) is 5.18. The van der Waals surface area contributed by atoms with Gasteiger partial charge in [-0.15, -0.1) is 0 Å². The molecule has 6 nitrogen and oxygen atoms in total. The van der Waals surface area contributed by atoms with Crippen molar-refractivity contribution in [3.8, 4) is 0 Å². The van der Waals surface area contributed by atoms with Crippen LogP contribution in [0.5, 0.6) is 0 Å². The number of hydrogen-bond acceptors (Lipinski definition) is 6. The van der Waals surface area contributed by atoms with Crippen molar-refractivity contribution in [1.82, 2.24) is 0 Å². The third kappa shape index (κ3) is 2.55. The van der Waals surface area contributed by atoms with Crippen LogP contribution in [0.15, 0.2) is 36.0 Å². The number of Topliss-reactive ketones (excluding diaryl/α,β-unsaturated/α-hetero) is 1. The lowest BCUT2D eigenvalue weighted by Gasteiger charge is -2.61. The van der Waals surface area contributed by atoms with Gasteiger partial charge >= 0.3 is 5.97 Å². The van der Waals surface area contributed by atoms with E-state index < -0.39 is 64.3 Å². The van der Waals surface area contributed by atoms with Gasteiger partial charge < -0.3 is 14.9 Å². The number of hydrogen-bond donors (Lipinski definition) is 2. The summed E-state index contributed by atoms with van der Waals surface area (Å²) in [6.45, 7) is 6.05. The van der Waals surface area contributed by atoms with E-state index in [1.54, 1.807) is 39.8 Å². The van der Waals surface area contributed by atoms with Crippen LogP contribution in [0.3, 0.4) is 0 Å². The fourth-order valence-corrected chi connectivity index (χ4v) is 7.23. The van der Waals surface area contributed by atoms with Crippen molar-refractivity contribution in [2.75, 3.05) is 6.61 Å². The highest BCUT2D eigenvalue weighted by Gasteiger charge is 2.76. The van der Waals surface area contributed by atoms with E-state index in [4.69, 9.17) is 4.74 Å². The molecule has 4 rings (SSSR count).